The molecule has 0 amide bonds. The van der Waals surface area contributed by atoms with Gasteiger partial charge in [-0.3, -0.25) is 10.1 Å². The lowest BCUT2D eigenvalue weighted by molar-refractivity contribution is -0.384. The maximum Gasteiger partial charge on any atom is 0.269 e. The molecule has 1 saturated heterocycles. The summed E-state index contributed by atoms with van der Waals surface area (Å²) in [7, 11) is 0. The normalized spacial score (nSPS) is 19.1. The predicted octanol–water partition coefficient (Wildman–Crippen LogP) is 2.52. The van der Waals surface area contributed by atoms with E-state index in [2.05, 4.69) is 5.32 Å². The van der Waals surface area contributed by atoms with Crippen LogP contribution in [0.1, 0.15) is 18.4 Å². The number of ether oxygens (including phenoxy) is 1. The molecule has 0 bridgehead atoms. The third-order valence-electron chi connectivity index (χ3n) is 2.95. The number of hydrogen-bond donors (Lipinski definition) is 1. The summed E-state index contributed by atoms with van der Waals surface area (Å²) in [6, 6.07) is 4.47. The van der Waals surface area contributed by atoms with E-state index in [4.69, 9.17) is 16.3 Å². The number of benzene rings is 1. The summed E-state index contributed by atoms with van der Waals surface area (Å²) < 4.78 is 5.48. The fourth-order valence-electron chi connectivity index (χ4n) is 1.98. The molecule has 0 saturated carbocycles. The highest BCUT2D eigenvalue weighted by Gasteiger charge is 2.15. The van der Waals surface area contributed by atoms with Crippen LogP contribution in [0.4, 0.5) is 5.69 Å². The van der Waals surface area contributed by atoms with Gasteiger partial charge in [0.15, 0.2) is 0 Å². The maximum atomic E-state index is 10.7. The maximum absolute atomic E-state index is 10.7. The lowest BCUT2D eigenvalue weighted by Crippen LogP contribution is -2.25. The van der Waals surface area contributed by atoms with Gasteiger partial charge >= 0.3 is 0 Å². The number of rotatable bonds is 5. The summed E-state index contributed by atoms with van der Waals surface area (Å²) in [5.74, 6) is 0. The van der Waals surface area contributed by atoms with Crippen molar-refractivity contribution in [1.82, 2.24) is 5.32 Å². The van der Waals surface area contributed by atoms with Crippen molar-refractivity contribution in [2.45, 2.75) is 25.5 Å². The summed E-state index contributed by atoms with van der Waals surface area (Å²) in [4.78, 5) is 10.3. The Labute approximate surface area is 110 Å². The monoisotopic (exact) mass is 270 g/mol. The molecule has 1 aliphatic heterocycles. The van der Waals surface area contributed by atoms with Crippen molar-refractivity contribution < 1.29 is 9.66 Å². The molecule has 18 heavy (non-hydrogen) atoms. The van der Waals surface area contributed by atoms with Gasteiger partial charge in [-0.25, -0.2) is 0 Å². The van der Waals surface area contributed by atoms with E-state index in [9.17, 15) is 10.1 Å². The molecule has 1 unspecified atom stereocenters. The zero-order valence-corrected chi connectivity index (χ0v) is 10.7. The molecule has 5 nitrogen and oxygen atoms in total. The molecule has 1 aromatic carbocycles. The van der Waals surface area contributed by atoms with Crippen LogP contribution in [0.25, 0.3) is 0 Å². The lowest BCUT2D eigenvalue weighted by atomic mass is 10.2. The standard InChI is InChI=1S/C12H15ClN2O3/c13-12-4-3-10(15(16)17)6-9(12)7-14-8-11-2-1-5-18-11/h3-4,6,11,14H,1-2,5,7-8H2. The topological polar surface area (TPSA) is 64.4 Å². The Morgan fingerprint density at radius 1 is 1.56 bits per heavy atom. The van der Waals surface area contributed by atoms with Crippen molar-refractivity contribution in [3.8, 4) is 0 Å². The summed E-state index contributed by atoms with van der Waals surface area (Å²) in [6.45, 7) is 2.09. The Balaban J connectivity index is 1.91. The summed E-state index contributed by atoms with van der Waals surface area (Å²) >= 11 is 6.00. The molecular weight excluding hydrogens is 256 g/mol. The van der Waals surface area contributed by atoms with Gasteiger partial charge in [0.1, 0.15) is 0 Å². The van der Waals surface area contributed by atoms with Crippen LogP contribution >= 0.6 is 11.6 Å². The minimum atomic E-state index is -0.417. The van der Waals surface area contributed by atoms with E-state index in [1.165, 1.54) is 12.1 Å². The SMILES string of the molecule is O=[N+]([O-])c1ccc(Cl)c(CNCC2CCCO2)c1. The fourth-order valence-corrected chi connectivity index (χ4v) is 2.17. The Morgan fingerprint density at radius 2 is 2.39 bits per heavy atom. The van der Waals surface area contributed by atoms with E-state index >= 15 is 0 Å². The van der Waals surface area contributed by atoms with Gasteiger partial charge < -0.3 is 10.1 Å². The molecule has 0 aromatic heterocycles. The van der Waals surface area contributed by atoms with Crippen molar-refractivity contribution >= 4 is 17.3 Å². The average Bonchev–Trinajstić information content (AvgIpc) is 2.84. The highest BCUT2D eigenvalue weighted by atomic mass is 35.5. The van der Waals surface area contributed by atoms with Gasteiger partial charge in [-0.2, -0.15) is 0 Å². The molecule has 2 rings (SSSR count). The second-order valence-corrected chi connectivity index (χ2v) is 4.71. The van der Waals surface area contributed by atoms with Crippen molar-refractivity contribution in [3.05, 3.63) is 38.9 Å². The number of nitro benzene ring substituents is 1. The Bertz CT molecular complexity index is 433. The van der Waals surface area contributed by atoms with Crippen LogP contribution in [-0.4, -0.2) is 24.2 Å². The first kappa shape index (κ1) is 13.3. The van der Waals surface area contributed by atoms with Gasteiger partial charge in [-0.1, -0.05) is 11.6 Å². The van der Waals surface area contributed by atoms with E-state index in [0.29, 0.717) is 11.6 Å². The van der Waals surface area contributed by atoms with Crippen molar-refractivity contribution in [3.63, 3.8) is 0 Å². The molecule has 0 aliphatic carbocycles. The predicted molar refractivity (Wildman–Crippen MR) is 68.8 cm³/mol. The molecule has 98 valence electrons. The molecule has 1 N–H and O–H groups in total. The Morgan fingerprint density at radius 3 is 3.06 bits per heavy atom. The van der Waals surface area contributed by atoms with Crippen LogP contribution in [0, 0.1) is 10.1 Å². The second kappa shape index (κ2) is 6.13. The lowest BCUT2D eigenvalue weighted by Gasteiger charge is -2.11. The molecular formula is C12H15ClN2O3. The first-order valence-electron chi connectivity index (χ1n) is 5.92. The largest absolute Gasteiger partial charge is 0.377 e. The zero-order valence-electron chi connectivity index (χ0n) is 9.89. The van der Waals surface area contributed by atoms with Crippen LogP contribution in [0.2, 0.25) is 5.02 Å². The van der Waals surface area contributed by atoms with Gasteiger partial charge in [0.25, 0.3) is 5.69 Å². The number of non-ortho nitro benzene ring substituents is 1. The van der Waals surface area contributed by atoms with Gasteiger partial charge in [-0.05, 0) is 24.5 Å². The molecule has 1 aromatic rings. The van der Waals surface area contributed by atoms with Crippen molar-refractivity contribution in [2.24, 2.45) is 0 Å². The molecule has 1 fully saturated rings. The van der Waals surface area contributed by atoms with Crippen molar-refractivity contribution in [2.75, 3.05) is 13.2 Å². The van der Waals surface area contributed by atoms with Crippen LogP contribution in [0.3, 0.4) is 0 Å². The van der Waals surface area contributed by atoms with Gasteiger partial charge in [0.2, 0.25) is 0 Å². The van der Waals surface area contributed by atoms with Crippen molar-refractivity contribution in [1.29, 1.82) is 0 Å². The van der Waals surface area contributed by atoms with E-state index in [1.807, 2.05) is 0 Å². The Hall–Kier alpha value is -1.17. The van der Waals surface area contributed by atoms with Crippen LogP contribution in [-0.2, 0) is 11.3 Å². The Kier molecular flexibility index (Phi) is 4.52. The third kappa shape index (κ3) is 3.41. The van der Waals surface area contributed by atoms with Crippen LogP contribution < -0.4 is 5.32 Å². The van der Waals surface area contributed by atoms with E-state index in [0.717, 1.165) is 31.6 Å². The van der Waals surface area contributed by atoms with Crippen LogP contribution in [0.5, 0.6) is 0 Å². The minimum Gasteiger partial charge on any atom is -0.377 e. The van der Waals surface area contributed by atoms with Gasteiger partial charge in [0.05, 0.1) is 11.0 Å². The zero-order chi connectivity index (χ0) is 13.0. The molecule has 0 radical (unpaired) electrons. The molecule has 1 aliphatic rings. The highest BCUT2D eigenvalue weighted by Crippen LogP contribution is 2.22. The highest BCUT2D eigenvalue weighted by molar-refractivity contribution is 6.31. The quantitative estimate of drug-likeness (QED) is 0.660. The number of nitrogens with one attached hydrogen (secondary N) is 1. The van der Waals surface area contributed by atoms with E-state index < -0.39 is 4.92 Å². The second-order valence-electron chi connectivity index (χ2n) is 4.30. The number of halogens is 1. The number of nitrogens with zero attached hydrogens (tertiary/aromatic N) is 1. The minimum absolute atomic E-state index is 0.0633. The first-order valence-corrected chi connectivity index (χ1v) is 6.30. The smallest absolute Gasteiger partial charge is 0.269 e. The summed E-state index contributed by atoms with van der Waals surface area (Å²) in [6.07, 6.45) is 2.42. The fraction of sp³-hybridized carbons (Fsp3) is 0.500. The molecule has 1 heterocycles. The summed E-state index contributed by atoms with van der Waals surface area (Å²) in [5, 5.41) is 14.4. The molecule has 1 atom stereocenters. The summed E-state index contributed by atoms with van der Waals surface area (Å²) in [5.41, 5.74) is 0.803. The molecule has 6 heteroatoms. The van der Waals surface area contributed by atoms with Gasteiger partial charge in [-0.15, -0.1) is 0 Å². The first-order chi connectivity index (χ1) is 8.66. The average molecular weight is 271 g/mol. The van der Waals surface area contributed by atoms with Crippen LogP contribution in [0.15, 0.2) is 18.2 Å². The molecule has 0 spiro atoms. The van der Waals surface area contributed by atoms with Gasteiger partial charge in [0, 0.05) is 36.9 Å². The third-order valence-corrected chi connectivity index (χ3v) is 3.32. The van der Waals surface area contributed by atoms with E-state index in [-0.39, 0.29) is 11.8 Å². The number of hydrogen-bond acceptors (Lipinski definition) is 4. The number of nitro groups is 1. The van der Waals surface area contributed by atoms with E-state index in [1.54, 1.807) is 6.07 Å².